The molecule has 81 heavy (non-hydrogen) atoms. The zero-order chi connectivity index (χ0) is 56.9. The minimum absolute atomic E-state index is 0.0669. The Morgan fingerprint density at radius 3 is 1.94 bits per heavy atom. The highest BCUT2D eigenvalue weighted by Gasteiger charge is 2.45. The van der Waals surface area contributed by atoms with E-state index >= 15 is 4.39 Å². The van der Waals surface area contributed by atoms with E-state index in [0.717, 1.165) is 12.8 Å². The van der Waals surface area contributed by atoms with Crippen molar-refractivity contribution in [1.29, 1.82) is 0 Å². The molecule has 4 fully saturated rings. The van der Waals surface area contributed by atoms with Crippen LogP contribution in [0.3, 0.4) is 0 Å². The van der Waals surface area contributed by atoms with Gasteiger partial charge in [0, 0.05) is 62.0 Å². The van der Waals surface area contributed by atoms with Crippen molar-refractivity contribution in [2.24, 2.45) is 5.92 Å². The monoisotopic (exact) mass is 1110 g/mol. The first kappa shape index (κ1) is 54.9. The second kappa shape index (κ2) is 22.1. The van der Waals surface area contributed by atoms with Crippen LogP contribution in [0.1, 0.15) is 88.4 Å². The molecule has 0 aliphatic carbocycles. The number of likely N-dealkylation sites (N-methyl/N-ethyl adjacent to an activating group) is 2. The molecule has 428 valence electrons. The molecule has 6 aliphatic heterocycles. The lowest BCUT2D eigenvalue weighted by Gasteiger charge is -2.33. The molecule has 6 amide bonds. The molecule has 0 spiro atoms. The number of urea groups is 2. The molecule has 4 saturated heterocycles. The predicted octanol–water partition coefficient (Wildman–Crippen LogP) is 5.98. The average Bonchev–Trinajstić information content (AvgIpc) is 3.89. The van der Waals surface area contributed by atoms with Gasteiger partial charge in [-0.3, -0.25) is 19.9 Å². The van der Waals surface area contributed by atoms with Crippen LogP contribution in [0.15, 0.2) is 54.9 Å². The van der Waals surface area contributed by atoms with Crippen LogP contribution in [0, 0.1) is 11.7 Å². The standard InChI is InChI=1S/C56H67FN14O10/c1-8-68-28-55(4,5)80-47-43(49(68)73)45(64-51(66-47)70-22-35-15-16-36(23-70)78-35)31-10-13-34(14-11-31)60-54(76)63-41-20-58-21-42(62-41)77-27-33-18-37-24-71(25-40(33)79-37)52-65-46(44-48(67-52)81-56(6,7)29-69(9-2)50(44)74)32-12-17-39(38(57)19-32)61-53(75)59-30(3)26-72/h10-14,17,19-21,30,33,35-37,40,72H,8-9,15-16,18,22-29H2,1-7H3,(H2,59,61,75)(H2,60,62,63,76). The quantitative estimate of drug-likeness (QED) is 0.0855. The second-order valence-corrected chi connectivity index (χ2v) is 22.6. The maximum absolute atomic E-state index is 15.8. The van der Waals surface area contributed by atoms with E-state index in [-0.39, 0.29) is 119 Å². The summed E-state index contributed by atoms with van der Waals surface area (Å²) in [5.41, 5.74) is 0.708. The van der Waals surface area contributed by atoms with Gasteiger partial charge in [0.1, 0.15) is 28.1 Å². The van der Waals surface area contributed by atoms with E-state index in [9.17, 15) is 24.3 Å². The van der Waals surface area contributed by atoms with Crippen LogP contribution in [0.5, 0.6) is 17.6 Å². The summed E-state index contributed by atoms with van der Waals surface area (Å²) in [4.78, 5) is 90.2. The van der Waals surface area contributed by atoms with Crippen molar-refractivity contribution in [2.75, 3.05) is 91.3 Å². The number of fused-ring (bicyclic) bond motifs is 6. The summed E-state index contributed by atoms with van der Waals surface area (Å²) in [6.45, 7) is 16.5. The molecular formula is C56H67FN14O10. The number of nitrogens with one attached hydrogen (secondary N) is 4. The van der Waals surface area contributed by atoms with E-state index in [1.807, 2.05) is 46.4 Å². The summed E-state index contributed by atoms with van der Waals surface area (Å²) in [7, 11) is 0. The molecule has 25 heteroatoms. The molecule has 6 aliphatic rings. The van der Waals surface area contributed by atoms with Gasteiger partial charge >= 0.3 is 12.1 Å². The first-order valence-electron chi connectivity index (χ1n) is 27.5. The summed E-state index contributed by atoms with van der Waals surface area (Å²) in [5, 5.41) is 19.9. The normalized spacial score (nSPS) is 22.8. The van der Waals surface area contributed by atoms with Gasteiger partial charge in [-0.2, -0.15) is 15.0 Å². The van der Waals surface area contributed by atoms with Crippen LogP contribution in [0.2, 0.25) is 0 Å². The van der Waals surface area contributed by atoms with Crippen molar-refractivity contribution >= 4 is 53.0 Å². The van der Waals surface area contributed by atoms with Gasteiger partial charge in [0.05, 0.1) is 86.2 Å². The third-order valence-electron chi connectivity index (χ3n) is 15.1. The first-order valence-corrected chi connectivity index (χ1v) is 27.5. The minimum atomic E-state index is -0.832. The zero-order valence-corrected chi connectivity index (χ0v) is 46.3. The minimum Gasteiger partial charge on any atom is -0.476 e. The Kier molecular flexibility index (Phi) is 15.0. The van der Waals surface area contributed by atoms with Gasteiger partial charge < -0.3 is 64.3 Å². The number of hydrogen-bond donors (Lipinski definition) is 5. The molecular weight excluding hydrogens is 1050 g/mol. The number of aliphatic hydroxyl groups is 1. The molecule has 5 aromatic rings. The van der Waals surface area contributed by atoms with Crippen LogP contribution in [0.25, 0.3) is 22.5 Å². The summed E-state index contributed by atoms with van der Waals surface area (Å²) in [5.74, 6) is -0.0740. The second-order valence-electron chi connectivity index (χ2n) is 22.6. The number of morpholine rings is 2. The van der Waals surface area contributed by atoms with Gasteiger partial charge in [-0.05, 0) is 92.0 Å². The molecule has 3 aromatic heterocycles. The first-order chi connectivity index (χ1) is 38.8. The van der Waals surface area contributed by atoms with E-state index in [1.54, 1.807) is 47.1 Å². The largest absolute Gasteiger partial charge is 0.476 e. The fourth-order valence-corrected chi connectivity index (χ4v) is 11.3. The molecule has 11 rings (SSSR count). The van der Waals surface area contributed by atoms with Gasteiger partial charge in [-0.1, -0.05) is 18.2 Å². The van der Waals surface area contributed by atoms with Gasteiger partial charge in [0.2, 0.25) is 29.5 Å². The Morgan fingerprint density at radius 2 is 1.33 bits per heavy atom. The summed E-state index contributed by atoms with van der Waals surface area (Å²) >= 11 is 0. The fraction of sp³-hybridized carbons (Fsp3) is 0.500. The molecule has 6 atom stereocenters. The molecule has 4 bridgehead atoms. The highest BCUT2D eigenvalue weighted by atomic mass is 19.1. The third kappa shape index (κ3) is 11.8. The molecule has 6 unspecified atom stereocenters. The van der Waals surface area contributed by atoms with E-state index in [0.29, 0.717) is 75.1 Å². The maximum atomic E-state index is 15.8. The van der Waals surface area contributed by atoms with Crippen LogP contribution >= 0.6 is 0 Å². The van der Waals surface area contributed by atoms with Gasteiger partial charge in [0.25, 0.3) is 11.8 Å². The molecule has 0 saturated carbocycles. The molecule has 9 heterocycles. The number of rotatable bonds is 14. The van der Waals surface area contributed by atoms with Crippen molar-refractivity contribution in [1.82, 2.24) is 45.0 Å². The summed E-state index contributed by atoms with van der Waals surface area (Å²) in [6, 6.07) is 9.38. The number of nitrogens with zero attached hydrogens (tertiary/aromatic N) is 10. The van der Waals surface area contributed by atoms with E-state index < -0.39 is 35.1 Å². The van der Waals surface area contributed by atoms with Crippen molar-refractivity contribution in [3.63, 3.8) is 0 Å². The number of carbonyl (C=O) groups is 4. The van der Waals surface area contributed by atoms with Crippen LogP contribution in [-0.4, -0.2) is 176 Å². The smallest absolute Gasteiger partial charge is 0.324 e. The molecule has 24 nitrogen and oxygen atoms in total. The molecule has 5 N–H and O–H groups in total. The Balaban J connectivity index is 0.757. The van der Waals surface area contributed by atoms with Gasteiger partial charge in [-0.25, -0.2) is 23.9 Å². The number of benzene rings is 2. The Bertz CT molecular complexity index is 3230. The van der Waals surface area contributed by atoms with Crippen LogP contribution in [-0.2, 0) is 9.47 Å². The number of aromatic nitrogens is 6. The number of ether oxygens (including phenoxy) is 5. The van der Waals surface area contributed by atoms with Crippen LogP contribution in [0.4, 0.5) is 43.1 Å². The number of amides is 6. The molecule has 0 radical (unpaired) electrons. The molecule has 2 aromatic carbocycles. The topological polar surface area (TPSA) is 273 Å². The number of halogens is 1. The van der Waals surface area contributed by atoms with Crippen molar-refractivity contribution in [3.05, 3.63) is 71.8 Å². The number of aliphatic hydroxyl groups excluding tert-OH is 1. The highest BCUT2D eigenvalue weighted by Crippen LogP contribution is 2.41. The number of hydrogen-bond acceptors (Lipinski definition) is 18. The number of carbonyl (C=O) groups excluding carboxylic acids is 4. The third-order valence-corrected chi connectivity index (χ3v) is 15.1. The van der Waals surface area contributed by atoms with Gasteiger partial charge in [-0.15, -0.1) is 0 Å². The van der Waals surface area contributed by atoms with Crippen molar-refractivity contribution < 1.29 is 52.4 Å². The Labute approximate surface area is 467 Å². The average molecular weight is 1120 g/mol. The highest BCUT2D eigenvalue weighted by molar-refractivity contribution is 6.04. The fourth-order valence-electron chi connectivity index (χ4n) is 11.3. The predicted molar refractivity (Wildman–Crippen MR) is 295 cm³/mol. The lowest BCUT2D eigenvalue weighted by molar-refractivity contribution is 0.0141. The summed E-state index contributed by atoms with van der Waals surface area (Å²) < 4.78 is 47.5. The Hall–Kier alpha value is -8.03. The van der Waals surface area contributed by atoms with E-state index in [4.69, 9.17) is 43.6 Å². The van der Waals surface area contributed by atoms with Crippen molar-refractivity contribution in [2.45, 2.75) is 109 Å². The van der Waals surface area contributed by atoms with Crippen molar-refractivity contribution in [3.8, 4) is 40.2 Å². The van der Waals surface area contributed by atoms with Gasteiger partial charge in [0.15, 0.2) is 5.82 Å². The van der Waals surface area contributed by atoms with Crippen LogP contribution < -0.4 is 45.3 Å². The SMILES string of the molecule is CCN1CC(C)(C)Oc2nc(N3CC4CCC(C3)O4)nc(-c3ccc(NC(=O)Nc4cncc(OCC5CC6CN(c7nc8c(c(-c9ccc(NC(=O)NC(C)CO)c(F)c9)n7)C(=O)N(CC)CC(C)(C)O8)CC5O6)n4)cc3)c2C1=O. The maximum Gasteiger partial charge on any atom is 0.324 e. The van der Waals surface area contributed by atoms with E-state index in [2.05, 4.69) is 36.1 Å². The van der Waals surface area contributed by atoms with E-state index in [1.165, 1.54) is 24.5 Å². The summed E-state index contributed by atoms with van der Waals surface area (Å²) in [6.07, 6.45) is 5.07. The lowest BCUT2D eigenvalue weighted by Crippen LogP contribution is -2.45. The Morgan fingerprint density at radius 1 is 0.741 bits per heavy atom. The number of anilines is 5. The zero-order valence-electron chi connectivity index (χ0n) is 46.3. The lowest BCUT2D eigenvalue weighted by atomic mass is 10.0.